The minimum absolute atomic E-state index is 0.00769. The molecule has 1 aliphatic heterocycles. The highest BCUT2D eigenvalue weighted by atomic mass is 35.5. The van der Waals surface area contributed by atoms with Gasteiger partial charge in [0.05, 0.1) is 17.2 Å². The molecule has 1 N–H and O–H groups in total. The van der Waals surface area contributed by atoms with Gasteiger partial charge in [0.1, 0.15) is 0 Å². The second-order valence-corrected chi connectivity index (χ2v) is 5.27. The van der Waals surface area contributed by atoms with Crippen LogP contribution in [0.3, 0.4) is 0 Å². The molecule has 0 bridgehead atoms. The van der Waals surface area contributed by atoms with Gasteiger partial charge in [-0.05, 0) is 25.5 Å². The number of halogens is 1. The van der Waals surface area contributed by atoms with Crippen molar-refractivity contribution >= 4 is 17.4 Å². The smallest absolute Gasteiger partial charge is 0.178 e. The van der Waals surface area contributed by atoms with Crippen LogP contribution in [-0.2, 0) is 0 Å². The lowest BCUT2D eigenvalue weighted by Crippen LogP contribution is -2.33. The van der Waals surface area contributed by atoms with Crippen molar-refractivity contribution in [3.05, 3.63) is 34.9 Å². The van der Waals surface area contributed by atoms with Crippen molar-refractivity contribution < 1.29 is 9.90 Å². The van der Waals surface area contributed by atoms with E-state index in [2.05, 4.69) is 0 Å². The Morgan fingerprint density at radius 2 is 2.24 bits per heavy atom. The molecule has 0 aliphatic carbocycles. The van der Waals surface area contributed by atoms with Crippen LogP contribution in [0, 0.1) is 0 Å². The second-order valence-electron chi connectivity index (χ2n) is 4.86. The maximum absolute atomic E-state index is 12.0. The Balaban J connectivity index is 2.01. The Kier molecular flexibility index (Phi) is 3.52. The van der Waals surface area contributed by atoms with Crippen LogP contribution in [-0.4, -0.2) is 41.0 Å². The summed E-state index contributed by atoms with van der Waals surface area (Å²) in [6.45, 7) is 3.42. The molecule has 0 amide bonds. The molecule has 0 aromatic heterocycles. The first-order chi connectivity index (χ1) is 7.98. The number of rotatable bonds is 3. The molecule has 0 radical (unpaired) electrons. The molecule has 0 saturated carbocycles. The van der Waals surface area contributed by atoms with Crippen molar-refractivity contribution in [3.8, 4) is 0 Å². The van der Waals surface area contributed by atoms with E-state index < -0.39 is 5.60 Å². The molecule has 1 unspecified atom stereocenters. The molecule has 1 fully saturated rings. The minimum atomic E-state index is -0.666. The number of nitrogens with zero attached hydrogens (tertiary/aromatic N) is 1. The number of hydrogen-bond acceptors (Lipinski definition) is 3. The summed E-state index contributed by atoms with van der Waals surface area (Å²) in [5, 5.41) is 10.3. The maximum Gasteiger partial charge on any atom is 0.178 e. The fourth-order valence-electron chi connectivity index (χ4n) is 2.15. The van der Waals surface area contributed by atoms with Crippen molar-refractivity contribution in [2.24, 2.45) is 0 Å². The third-order valence-corrected chi connectivity index (χ3v) is 3.40. The van der Waals surface area contributed by atoms with E-state index in [1.165, 1.54) is 0 Å². The van der Waals surface area contributed by atoms with E-state index in [9.17, 15) is 9.90 Å². The molecule has 1 saturated heterocycles. The van der Waals surface area contributed by atoms with Crippen molar-refractivity contribution in [2.45, 2.75) is 18.9 Å². The predicted molar refractivity (Wildman–Crippen MR) is 67.5 cm³/mol. The van der Waals surface area contributed by atoms with Gasteiger partial charge in [0.25, 0.3) is 0 Å². The van der Waals surface area contributed by atoms with Gasteiger partial charge in [-0.25, -0.2) is 0 Å². The van der Waals surface area contributed by atoms with Gasteiger partial charge in [-0.2, -0.15) is 0 Å². The van der Waals surface area contributed by atoms with Crippen LogP contribution in [0.25, 0.3) is 0 Å². The topological polar surface area (TPSA) is 40.5 Å². The molecular weight excluding hydrogens is 238 g/mol. The van der Waals surface area contributed by atoms with Crippen molar-refractivity contribution in [2.75, 3.05) is 19.6 Å². The minimum Gasteiger partial charge on any atom is -0.389 e. The summed E-state index contributed by atoms with van der Waals surface area (Å²) in [7, 11) is 0. The molecule has 1 aromatic carbocycles. The molecule has 0 spiro atoms. The van der Waals surface area contributed by atoms with Crippen molar-refractivity contribution in [1.82, 2.24) is 4.90 Å². The fraction of sp³-hybridized carbons (Fsp3) is 0.462. The van der Waals surface area contributed by atoms with E-state index in [1.54, 1.807) is 31.2 Å². The third kappa shape index (κ3) is 3.06. The molecule has 1 heterocycles. The molecular formula is C13H16ClNO2. The largest absolute Gasteiger partial charge is 0.389 e. The SMILES string of the molecule is CC1(O)CCN(CC(=O)c2ccccc2Cl)C1. The highest BCUT2D eigenvalue weighted by Crippen LogP contribution is 2.21. The first-order valence-electron chi connectivity index (χ1n) is 5.70. The lowest BCUT2D eigenvalue weighted by atomic mass is 10.1. The molecule has 1 aromatic rings. The number of Topliss-reactive ketones (excluding diaryl/α,β-unsaturated/α-hetero) is 1. The Bertz CT molecular complexity index is 431. The van der Waals surface area contributed by atoms with Gasteiger partial charge < -0.3 is 5.11 Å². The molecule has 4 heteroatoms. The predicted octanol–water partition coefficient (Wildman–Crippen LogP) is 1.98. The van der Waals surface area contributed by atoms with Crippen LogP contribution < -0.4 is 0 Å². The lowest BCUT2D eigenvalue weighted by molar-refractivity contribution is 0.0669. The molecule has 92 valence electrons. The Labute approximate surface area is 106 Å². The van der Waals surface area contributed by atoms with E-state index in [0.29, 0.717) is 30.1 Å². The van der Waals surface area contributed by atoms with Crippen molar-refractivity contribution in [3.63, 3.8) is 0 Å². The summed E-state index contributed by atoms with van der Waals surface area (Å²) in [5.41, 5.74) is -0.110. The van der Waals surface area contributed by atoms with E-state index in [0.717, 1.165) is 6.54 Å². The number of aliphatic hydroxyl groups is 1. The van der Waals surface area contributed by atoms with Crippen LogP contribution in [0.2, 0.25) is 5.02 Å². The summed E-state index contributed by atoms with van der Waals surface area (Å²) in [6.07, 6.45) is 0.711. The zero-order valence-electron chi connectivity index (χ0n) is 9.82. The second kappa shape index (κ2) is 4.77. The summed E-state index contributed by atoms with van der Waals surface area (Å²) < 4.78 is 0. The quantitative estimate of drug-likeness (QED) is 0.838. The highest BCUT2D eigenvalue weighted by molar-refractivity contribution is 6.34. The highest BCUT2D eigenvalue weighted by Gasteiger charge is 2.32. The standard InChI is InChI=1S/C13H16ClNO2/c1-13(17)6-7-15(9-13)8-12(16)10-4-2-3-5-11(10)14/h2-5,17H,6-9H2,1H3. The molecule has 2 rings (SSSR count). The number of likely N-dealkylation sites (tertiary alicyclic amines) is 1. The van der Waals surface area contributed by atoms with Crippen LogP contribution in [0.4, 0.5) is 0 Å². The summed E-state index contributed by atoms with van der Waals surface area (Å²) in [4.78, 5) is 14.0. The van der Waals surface area contributed by atoms with Crippen LogP contribution in [0.5, 0.6) is 0 Å². The normalized spacial score (nSPS) is 25.1. The van der Waals surface area contributed by atoms with Gasteiger partial charge in [0.2, 0.25) is 0 Å². The summed E-state index contributed by atoms with van der Waals surface area (Å²) in [6, 6.07) is 7.06. The van der Waals surface area contributed by atoms with Gasteiger partial charge in [-0.3, -0.25) is 9.69 Å². The van der Waals surface area contributed by atoms with Gasteiger partial charge >= 0.3 is 0 Å². The zero-order chi connectivity index (χ0) is 12.5. The van der Waals surface area contributed by atoms with E-state index >= 15 is 0 Å². The van der Waals surface area contributed by atoms with Crippen molar-refractivity contribution in [1.29, 1.82) is 0 Å². The Morgan fingerprint density at radius 3 is 2.82 bits per heavy atom. The first-order valence-corrected chi connectivity index (χ1v) is 6.08. The lowest BCUT2D eigenvalue weighted by Gasteiger charge is -2.18. The maximum atomic E-state index is 12.0. The number of ketones is 1. The molecule has 1 aliphatic rings. The monoisotopic (exact) mass is 253 g/mol. The first kappa shape index (κ1) is 12.6. The molecule has 3 nitrogen and oxygen atoms in total. The Hall–Kier alpha value is -0.900. The van der Waals surface area contributed by atoms with E-state index in [1.807, 2.05) is 4.90 Å². The number of hydrogen-bond donors (Lipinski definition) is 1. The average molecular weight is 254 g/mol. The van der Waals surface area contributed by atoms with Gasteiger partial charge in [0, 0.05) is 18.7 Å². The average Bonchev–Trinajstić information content (AvgIpc) is 2.58. The van der Waals surface area contributed by atoms with Crippen LogP contribution in [0.1, 0.15) is 23.7 Å². The van der Waals surface area contributed by atoms with Crippen LogP contribution in [0.15, 0.2) is 24.3 Å². The fourth-order valence-corrected chi connectivity index (χ4v) is 2.39. The summed E-state index contributed by atoms with van der Waals surface area (Å²) in [5.74, 6) is 0.00769. The van der Waals surface area contributed by atoms with E-state index in [4.69, 9.17) is 11.6 Å². The van der Waals surface area contributed by atoms with Crippen LogP contribution >= 0.6 is 11.6 Å². The zero-order valence-corrected chi connectivity index (χ0v) is 10.6. The Morgan fingerprint density at radius 1 is 1.53 bits per heavy atom. The number of carbonyl (C=O) groups excluding carboxylic acids is 1. The summed E-state index contributed by atoms with van der Waals surface area (Å²) >= 11 is 5.97. The number of benzene rings is 1. The van der Waals surface area contributed by atoms with E-state index in [-0.39, 0.29) is 5.78 Å². The van der Waals surface area contributed by atoms with Gasteiger partial charge in [-0.15, -0.1) is 0 Å². The third-order valence-electron chi connectivity index (χ3n) is 3.07. The molecule has 17 heavy (non-hydrogen) atoms. The number of β-amino-alcohol motifs (C(OH)–C–C–N with tert-alkyl or cyclic N) is 1. The van der Waals surface area contributed by atoms with Gasteiger partial charge in [0.15, 0.2) is 5.78 Å². The van der Waals surface area contributed by atoms with Gasteiger partial charge in [-0.1, -0.05) is 23.7 Å². The molecule has 1 atom stereocenters. The number of carbonyl (C=O) groups is 1.